The van der Waals surface area contributed by atoms with Crippen LogP contribution in [0.25, 0.3) is 11.7 Å². The standard InChI is InChI=1S/C21H17ClF3N5O3/c22-15-4-3-13(10-14(15)21(23,24)25)27-18(31)12-29-5-7-30(8-6-29)20-16(11-26)28-19(33-20)17-2-1-9-32-17/h1-4,9-10H,5-8,12H2,(H,27,31). The first kappa shape index (κ1) is 22.7. The largest absolute Gasteiger partial charge is 0.459 e. The molecule has 8 nitrogen and oxygen atoms in total. The lowest BCUT2D eigenvalue weighted by atomic mass is 10.2. The van der Waals surface area contributed by atoms with Crippen LogP contribution in [0.2, 0.25) is 5.02 Å². The number of hydrogen-bond acceptors (Lipinski definition) is 7. The smallest absolute Gasteiger partial charge is 0.417 e. The number of amides is 1. The summed E-state index contributed by atoms with van der Waals surface area (Å²) in [7, 11) is 0. The van der Waals surface area contributed by atoms with Gasteiger partial charge in [0, 0.05) is 31.9 Å². The summed E-state index contributed by atoms with van der Waals surface area (Å²) in [6.07, 6.45) is -3.14. The van der Waals surface area contributed by atoms with Crippen LogP contribution >= 0.6 is 11.6 Å². The van der Waals surface area contributed by atoms with Gasteiger partial charge in [0.2, 0.25) is 17.5 Å². The minimum atomic E-state index is -4.62. The zero-order valence-corrected chi connectivity index (χ0v) is 17.8. The molecule has 1 aliphatic rings. The van der Waals surface area contributed by atoms with Crippen molar-refractivity contribution < 1.29 is 26.8 Å². The maximum absolute atomic E-state index is 13.0. The molecule has 0 radical (unpaired) electrons. The Morgan fingerprint density at radius 3 is 2.64 bits per heavy atom. The number of rotatable bonds is 5. The molecule has 3 aromatic rings. The molecule has 0 atom stereocenters. The van der Waals surface area contributed by atoms with Gasteiger partial charge in [0.25, 0.3) is 5.89 Å². The van der Waals surface area contributed by atoms with Gasteiger partial charge in [-0.05, 0) is 30.3 Å². The fourth-order valence-corrected chi connectivity index (χ4v) is 3.66. The second-order valence-corrected chi connectivity index (χ2v) is 7.67. The lowest BCUT2D eigenvalue weighted by molar-refractivity contribution is -0.137. The molecule has 0 saturated carbocycles. The van der Waals surface area contributed by atoms with Gasteiger partial charge in [0.1, 0.15) is 6.07 Å². The molecule has 4 rings (SSSR count). The lowest BCUT2D eigenvalue weighted by Gasteiger charge is -2.34. The summed E-state index contributed by atoms with van der Waals surface area (Å²) in [5, 5.41) is 11.4. The summed E-state index contributed by atoms with van der Waals surface area (Å²) in [6, 6.07) is 8.59. The lowest BCUT2D eigenvalue weighted by Crippen LogP contribution is -2.48. The zero-order valence-electron chi connectivity index (χ0n) is 17.0. The fraction of sp³-hybridized carbons (Fsp3) is 0.286. The minimum Gasteiger partial charge on any atom is -0.459 e. The molecular weight excluding hydrogens is 463 g/mol. The molecule has 0 spiro atoms. The average molecular weight is 480 g/mol. The van der Waals surface area contributed by atoms with Crippen molar-refractivity contribution in [1.82, 2.24) is 9.88 Å². The highest BCUT2D eigenvalue weighted by atomic mass is 35.5. The van der Waals surface area contributed by atoms with Crippen LogP contribution in [0.1, 0.15) is 11.3 Å². The topological polar surface area (TPSA) is 98.5 Å². The van der Waals surface area contributed by atoms with E-state index in [2.05, 4.69) is 10.3 Å². The quantitative estimate of drug-likeness (QED) is 0.584. The van der Waals surface area contributed by atoms with Gasteiger partial charge in [-0.25, -0.2) is 0 Å². The van der Waals surface area contributed by atoms with E-state index in [1.165, 1.54) is 12.3 Å². The number of hydrogen-bond donors (Lipinski definition) is 1. The molecule has 12 heteroatoms. The Kier molecular flexibility index (Phi) is 6.31. The molecule has 0 unspecified atom stereocenters. The highest BCUT2D eigenvalue weighted by Crippen LogP contribution is 2.36. The Morgan fingerprint density at radius 1 is 1.24 bits per heavy atom. The normalized spacial score (nSPS) is 14.8. The van der Waals surface area contributed by atoms with Crippen molar-refractivity contribution in [2.24, 2.45) is 0 Å². The van der Waals surface area contributed by atoms with Crippen molar-refractivity contribution in [2.45, 2.75) is 6.18 Å². The second-order valence-electron chi connectivity index (χ2n) is 7.27. The first-order valence-electron chi connectivity index (χ1n) is 9.83. The predicted molar refractivity (Wildman–Crippen MR) is 113 cm³/mol. The molecular formula is C21H17ClF3N5O3. The predicted octanol–water partition coefficient (Wildman–Crippen LogP) is 4.24. The maximum atomic E-state index is 13.0. The van der Waals surface area contributed by atoms with Gasteiger partial charge in [0.05, 0.1) is 23.4 Å². The van der Waals surface area contributed by atoms with Crippen molar-refractivity contribution in [2.75, 3.05) is 42.9 Å². The molecule has 1 aliphatic heterocycles. The molecule has 0 aliphatic carbocycles. The number of benzene rings is 1. The zero-order chi connectivity index (χ0) is 23.6. The number of alkyl halides is 3. The number of furan rings is 1. The van der Waals surface area contributed by atoms with Gasteiger partial charge in [-0.1, -0.05) is 11.6 Å². The average Bonchev–Trinajstić information content (AvgIpc) is 3.44. The van der Waals surface area contributed by atoms with E-state index in [4.69, 9.17) is 20.4 Å². The number of nitriles is 1. The molecule has 1 saturated heterocycles. The number of nitrogens with one attached hydrogen (secondary N) is 1. The summed E-state index contributed by atoms with van der Waals surface area (Å²) >= 11 is 5.61. The number of anilines is 2. The maximum Gasteiger partial charge on any atom is 0.417 e. The molecule has 1 amide bonds. The van der Waals surface area contributed by atoms with Crippen molar-refractivity contribution in [1.29, 1.82) is 5.26 Å². The summed E-state index contributed by atoms with van der Waals surface area (Å²) < 4.78 is 50.0. The van der Waals surface area contributed by atoms with Crippen molar-refractivity contribution in [3.05, 3.63) is 52.9 Å². The van der Waals surface area contributed by atoms with Gasteiger partial charge in [-0.15, -0.1) is 0 Å². The van der Waals surface area contributed by atoms with Crippen LogP contribution < -0.4 is 10.2 Å². The van der Waals surface area contributed by atoms with E-state index in [-0.39, 0.29) is 23.8 Å². The molecule has 3 heterocycles. The number of halogens is 4. The number of oxazole rings is 1. The van der Waals surface area contributed by atoms with E-state index in [1.54, 1.807) is 12.1 Å². The van der Waals surface area contributed by atoms with Crippen LogP contribution in [0.3, 0.4) is 0 Å². The Bertz CT molecular complexity index is 1180. The van der Waals surface area contributed by atoms with E-state index in [9.17, 15) is 23.2 Å². The molecule has 0 bridgehead atoms. The number of nitrogens with zero attached hydrogens (tertiary/aromatic N) is 4. The van der Waals surface area contributed by atoms with Crippen LogP contribution in [-0.4, -0.2) is 48.5 Å². The van der Waals surface area contributed by atoms with Gasteiger partial charge in [0.15, 0.2) is 5.76 Å². The molecule has 1 fully saturated rings. The van der Waals surface area contributed by atoms with E-state index in [0.717, 1.165) is 12.1 Å². The van der Waals surface area contributed by atoms with Crippen molar-refractivity contribution in [3.63, 3.8) is 0 Å². The number of piperazine rings is 1. The van der Waals surface area contributed by atoms with Gasteiger partial charge >= 0.3 is 6.18 Å². The van der Waals surface area contributed by atoms with Crippen LogP contribution in [-0.2, 0) is 11.0 Å². The number of carbonyl (C=O) groups excluding carboxylic acids is 1. The monoisotopic (exact) mass is 479 g/mol. The first-order valence-corrected chi connectivity index (χ1v) is 10.2. The van der Waals surface area contributed by atoms with E-state index in [1.807, 2.05) is 15.9 Å². The molecule has 2 aromatic heterocycles. The summed E-state index contributed by atoms with van der Waals surface area (Å²) in [5.41, 5.74) is -0.859. The Balaban J connectivity index is 1.35. The molecule has 172 valence electrons. The Labute approximate surface area is 191 Å². The van der Waals surface area contributed by atoms with Gasteiger partial charge in [-0.2, -0.15) is 23.4 Å². The summed E-state index contributed by atoms with van der Waals surface area (Å²) in [5.74, 6) is 0.490. The van der Waals surface area contributed by atoms with E-state index < -0.39 is 22.7 Å². The minimum absolute atomic E-state index is 0.00300. The van der Waals surface area contributed by atoms with Crippen LogP contribution in [0.15, 0.2) is 45.4 Å². The van der Waals surface area contributed by atoms with E-state index in [0.29, 0.717) is 37.8 Å². The van der Waals surface area contributed by atoms with Crippen LogP contribution in [0.4, 0.5) is 24.7 Å². The number of aromatic nitrogens is 1. The SMILES string of the molecule is N#Cc1nc(-c2ccco2)oc1N1CCN(CC(=O)Nc2ccc(Cl)c(C(F)(F)F)c2)CC1. The van der Waals surface area contributed by atoms with Gasteiger partial charge < -0.3 is 19.1 Å². The van der Waals surface area contributed by atoms with Gasteiger partial charge in [-0.3, -0.25) is 9.69 Å². The Hall–Kier alpha value is -3.49. The first-order chi connectivity index (χ1) is 15.7. The van der Waals surface area contributed by atoms with E-state index >= 15 is 0 Å². The molecule has 33 heavy (non-hydrogen) atoms. The third-order valence-corrected chi connectivity index (χ3v) is 5.36. The van der Waals surface area contributed by atoms with Crippen molar-refractivity contribution in [3.8, 4) is 17.7 Å². The fourth-order valence-electron chi connectivity index (χ4n) is 3.44. The molecule has 1 aromatic carbocycles. The third-order valence-electron chi connectivity index (χ3n) is 5.03. The highest BCUT2D eigenvalue weighted by Gasteiger charge is 2.33. The van der Waals surface area contributed by atoms with Crippen molar-refractivity contribution >= 4 is 29.1 Å². The molecule has 1 N–H and O–H groups in total. The van der Waals surface area contributed by atoms with Crippen LogP contribution in [0, 0.1) is 11.3 Å². The summed E-state index contributed by atoms with van der Waals surface area (Å²) in [6.45, 7) is 1.88. The Morgan fingerprint density at radius 2 is 2.00 bits per heavy atom. The third kappa shape index (κ3) is 5.13. The second kappa shape index (κ2) is 9.17. The van der Waals surface area contributed by atoms with Crippen LogP contribution in [0.5, 0.6) is 0 Å². The number of carbonyl (C=O) groups is 1. The highest BCUT2D eigenvalue weighted by molar-refractivity contribution is 6.31. The summed E-state index contributed by atoms with van der Waals surface area (Å²) in [4.78, 5) is 20.2.